The van der Waals surface area contributed by atoms with Crippen molar-refractivity contribution in [1.29, 1.82) is 0 Å². The largest absolute Gasteiger partial charge is 0.383 e. The van der Waals surface area contributed by atoms with Crippen LogP contribution in [0.5, 0.6) is 0 Å². The molecule has 0 atom stereocenters. The van der Waals surface area contributed by atoms with Crippen LogP contribution < -0.4 is 10.3 Å². The summed E-state index contributed by atoms with van der Waals surface area (Å²) in [5.74, 6) is 1.19. The Balaban J connectivity index is 2.19. The molecule has 2 heterocycles. The third kappa shape index (κ3) is 3.11. The molecule has 2 N–H and O–H groups in total. The van der Waals surface area contributed by atoms with Gasteiger partial charge in [0.05, 0.1) is 17.0 Å². The van der Waals surface area contributed by atoms with E-state index in [4.69, 9.17) is 5.73 Å². The molecule has 0 fully saturated rings. The van der Waals surface area contributed by atoms with E-state index in [9.17, 15) is 4.91 Å². The maximum atomic E-state index is 10.2. The first-order chi connectivity index (χ1) is 9.11. The van der Waals surface area contributed by atoms with E-state index < -0.39 is 0 Å². The van der Waals surface area contributed by atoms with Gasteiger partial charge in [0.15, 0.2) is 12.2 Å². The maximum Gasteiger partial charge on any atom is 0.225 e. The van der Waals surface area contributed by atoms with E-state index in [0.717, 1.165) is 11.3 Å². The van der Waals surface area contributed by atoms with Crippen molar-refractivity contribution in [3.05, 3.63) is 38.6 Å². The lowest BCUT2D eigenvalue weighted by atomic mass is 10.2. The number of aromatic nitrogens is 3. The number of nitrogen functional groups attached to an aromatic ring is 1. The third-order valence-electron chi connectivity index (χ3n) is 2.95. The zero-order valence-corrected chi connectivity index (χ0v) is 11.8. The van der Waals surface area contributed by atoms with Gasteiger partial charge in [-0.05, 0) is 6.92 Å². The summed E-state index contributed by atoms with van der Waals surface area (Å²) in [4.78, 5) is 19.7. The first kappa shape index (κ1) is 13.5. The molecule has 19 heavy (non-hydrogen) atoms. The highest BCUT2D eigenvalue weighted by Gasteiger charge is 2.17. The smallest absolute Gasteiger partial charge is 0.225 e. The molecule has 0 unspecified atom stereocenters. The Morgan fingerprint density at radius 2 is 2.26 bits per heavy atom. The van der Waals surface area contributed by atoms with Gasteiger partial charge in [-0.15, -0.1) is 0 Å². The van der Waals surface area contributed by atoms with Gasteiger partial charge < -0.3 is 5.73 Å². The second-order valence-corrected chi connectivity index (χ2v) is 5.23. The topological polar surface area (TPSA) is 85.1 Å². The van der Waals surface area contributed by atoms with E-state index in [2.05, 4.69) is 19.7 Å². The summed E-state index contributed by atoms with van der Waals surface area (Å²) < 4.78 is 2.09. The summed E-state index contributed by atoms with van der Waals surface area (Å²) >= 11 is 1.63. The van der Waals surface area contributed by atoms with Crippen LogP contribution >= 0.6 is 11.3 Å². The maximum absolute atomic E-state index is 10.2. The number of anilines is 1. The van der Waals surface area contributed by atoms with E-state index in [0.29, 0.717) is 31.2 Å². The minimum absolute atomic E-state index is 0.317. The Morgan fingerprint density at radius 1 is 1.47 bits per heavy atom. The zero-order chi connectivity index (χ0) is 13.8. The van der Waals surface area contributed by atoms with Gasteiger partial charge in [0.25, 0.3) is 0 Å². The number of hydrogen-bond donors (Lipinski definition) is 1. The number of aryl methyl sites for hydroxylation is 1. The third-order valence-corrected chi connectivity index (χ3v) is 4.09. The highest BCUT2D eigenvalue weighted by molar-refractivity contribution is 7.09. The molecule has 6 nitrogen and oxygen atoms in total. The van der Waals surface area contributed by atoms with Gasteiger partial charge in [0, 0.05) is 19.5 Å². The molecule has 0 spiro atoms. The molecule has 2 aromatic rings. The van der Waals surface area contributed by atoms with Crippen LogP contribution in [0.4, 0.5) is 5.82 Å². The fraction of sp³-hybridized carbons (Fsp3) is 0.417. The monoisotopic (exact) mass is 278 g/mol. The predicted octanol–water partition coefficient (Wildman–Crippen LogP) is 1.38. The van der Waals surface area contributed by atoms with Gasteiger partial charge in [0.2, 0.25) is 5.51 Å². The van der Waals surface area contributed by atoms with Gasteiger partial charge in [-0.1, -0.05) is 16.5 Å². The van der Waals surface area contributed by atoms with Crippen LogP contribution in [-0.2, 0) is 13.0 Å². The summed E-state index contributed by atoms with van der Waals surface area (Å²) in [6, 6.07) is 0. The molecular formula is C12H16N5OS+. The van der Waals surface area contributed by atoms with Crippen LogP contribution in [0.2, 0.25) is 0 Å². The number of rotatable bonds is 5. The van der Waals surface area contributed by atoms with E-state index in [1.165, 1.54) is 4.88 Å². The van der Waals surface area contributed by atoms with E-state index >= 15 is 0 Å². The van der Waals surface area contributed by atoms with Crippen LogP contribution in [-0.4, -0.2) is 16.5 Å². The lowest BCUT2D eigenvalue weighted by Gasteiger charge is -2.01. The Kier molecular flexibility index (Phi) is 4.16. The average molecular weight is 278 g/mol. The minimum Gasteiger partial charge on any atom is -0.383 e. The van der Waals surface area contributed by atoms with Crippen molar-refractivity contribution < 1.29 is 4.57 Å². The summed E-state index contributed by atoms with van der Waals surface area (Å²) in [7, 11) is 0. The van der Waals surface area contributed by atoms with Crippen LogP contribution in [0, 0.1) is 18.8 Å². The Morgan fingerprint density at radius 3 is 2.95 bits per heavy atom. The highest BCUT2D eigenvalue weighted by atomic mass is 32.1. The lowest BCUT2D eigenvalue weighted by molar-refractivity contribution is -0.689. The van der Waals surface area contributed by atoms with Gasteiger partial charge in [0.1, 0.15) is 11.6 Å². The molecule has 0 saturated heterocycles. The van der Waals surface area contributed by atoms with E-state index in [1.807, 2.05) is 19.4 Å². The van der Waals surface area contributed by atoms with Gasteiger partial charge in [-0.25, -0.2) is 9.97 Å². The fourth-order valence-electron chi connectivity index (χ4n) is 1.81. The predicted molar refractivity (Wildman–Crippen MR) is 73.9 cm³/mol. The quantitative estimate of drug-likeness (QED) is 0.661. The van der Waals surface area contributed by atoms with Gasteiger partial charge in [-0.2, -0.15) is 9.47 Å². The molecule has 2 aromatic heterocycles. The SMILES string of the molecule is Cc1ncc(C[n+]2csc(CCN=O)c2C)c(N)n1. The molecule has 2 rings (SSSR count). The highest BCUT2D eigenvalue weighted by Crippen LogP contribution is 2.14. The van der Waals surface area contributed by atoms with Crippen LogP contribution in [0.3, 0.4) is 0 Å². The van der Waals surface area contributed by atoms with Crippen LogP contribution in [0.15, 0.2) is 16.9 Å². The van der Waals surface area contributed by atoms with Crippen molar-refractivity contribution >= 4 is 17.2 Å². The van der Waals surface area contributed by atoms with Gasteiger partial charge >= 0.3 is 0 Å². The standard InChI is InChI=1S/C12H16N5OS/c1-8-11(3-4-15-18)19-7-17(8)6-10-5-14-9(2)16-12(10)13/h5,7H,3-4,6H2,1-2H3,(H2,13,14,16)/q+1. The van der Waals surface area contributed by atoms with Crippen molar-refractivity contribution in [1.82, 2.24) is 9.97 Å². The Hall–Kier alpha value is -1.89. The first-order valence-corrected chi connectivity index (χ1v) is 6.83. The Bertz CT molecular complexity index is 596. The zero-order valence-electron chi connectivity index (χ0n) is 11.0. The molecule has 0 bridgehead atoms. The summed E-state index contributed by atoms with van der Waals surface area (Å²) in [6.45, 7) is 4.80. The van der Waals surface area contributed by atoms with E-state index in [1.54, 1.807) is 17.5 Å². The molecule has 0 aromatic carbocycles. The second-order valence-electron chi connectivity index (χ2n) is 4.29. The first-order valence-electron chi connectivity index (χ1n) is 5.95. The second kappa shape index (κ2) is 5.83. The molecule has 7 heteroatoms. The molecule has 0 aliphatic heterocycles. The number of nitrogens with zero attached hydrogens (tertiary/aromatic N) is 4. The molecule has 0 amide bonds. The average Bonchev–Trinajstić information content (AvgIpc) is 2.72. The summed E-state index contributed by atoms with van der Waals surface area (Å²) in [5, 5.41) is 2.90. The normalized spacial score (nSPS) is 10.6. The van der Waals surface area contributed by atoms with Gasteiger partial charge in [-0.3, -0.25) is 0 Å². The molecule has 0 aliphatic carbocycles. The molecule has 0 aliphatic rings. The number of nitrogens with two attached hydrogens (primary N) is 1. The summed E-state index contributed by atoms with van der Waals surface area (Å²) in [6.07, 6.45) is 2.45. The molecule has 0 saturated carbocycles. The molecule has 100 valence electrons. The number of nitroso groups, excluding NO2 is 1. The minimum atomic E-state index is 0.317. The molecular weight excluding hydrogens is 262 g/mol. The van der Waals surface area contributed by atoms with Crippen molar-refractivity contribution in [3.63, 3.8) is 0 Å². The van der Waals surface area contributed by atoms with Crippen molar-refractivity contribution in [2.24, 2.45) is 5.18 Å². The number of thiazole rings is 1. The fourth-order valence-corrected chi connectivity index (χ4v) is 2.80. The summed E-state index contributed by atoms with van der Waals surface area (Å²) in [5.41, 5.74) is 9.94. The van der Waals surface area contributed by atoms with Crippen LogP contribution in [0.1, 0.15) is 22.0 Å². The lowest BCUT2D eigenvalue weighted by Crippen LogP contribution is -2.35. The molecule has 0 radical (unpaired) electrons. The van der Waals surface area contributed by atoms with Crippen molar-refractivity contribution in [2.75, 3.05) is 12.3 Å². The van der Waals surface area contributed by atoms with Crippen molar-refractivity contribution in [3.8, 4) is 0 Å². The Labute approximate surface area is 115 Å². The van der Waals surface area contributed by atoms with Crippen LogP contribution in [0.25, 0.3) is 0 Å². The van der Waals surface area contributed by atoms with E-state index in [-0.39, 0.29) is 0 Å². The number of hydrogen-bond acceptors (Lipinski definition) is 6. The van der Waals surface area contributed by atoms with Crippen molar-refractivity contribution in [2.45, 2.75) is 26.8 Å².